The first-order chi connectivity index (χ1) is 8.65. The minimum atomic E-state index is 0.480. The van der Waals surface area contributed by atoms with E-state index in [9.17, 15) is 0 Å². The smallest absolute Gasteiger partial charge is 0.119 e. The number of benzene rings is 1. The molecule has 1 aromatic carbocycles. The number of hydrogen-bond donors (Lipinski definition) is 0. The van der Waals surface area contributed by atoms with E-state index in [2.05, 4.69) is 18.7 Å². The summed E-state index contributed by atoms with van der Waals surface area (Å²) < 4.78 is 5.80. The van der Waals surface area contributed by atoms with Crippen molar-refractivity contribution in [3.05, 3.63) is 29.3 Å². The van der Waals surface area contributed by atoms with Crippen LogP contribution in [0.25, 0.3) is 0 Å². The molecule has 1 heterocycles. The van der Waals surface area contributed by atoms with Gasteiger partial charge in [0.2, 0.25) is 0 Å². The Kier molecular flexibility index (Phi) is 4.90. The molecule has 1 aliphatic heterocycles. The minimum absolute atomic E-state index is 0.480. The van der Waals surface area contributed by atoms with E-state index in [1.807, 2.05) is 24.3 Å². The van der Waals surface area contributed by atoms with Crippen LogP contribution < -0.4 is 4.74 Å². The fourth-order valence-electron chi connectivity index (χ4n) is 2.32. The van der Waals surface area contributed by atoms with Crippen LogP contribution in [0, 0.1) is 5.92 Å². The molecule has 2 rings (SSSR count). The fourth-order valence-corrected chi connectivity index (χ4v) is 2.45. The van der Waals surface area contributed by atoms with Crippen LogP contribution in [0.1, 0.15) is 26.7 Å². The Labute approximate surface area is 115 Å². The van der Waals surface area contributed by atoms with E-state index in [0.717, 1.165) is 23.3 Å². The Morgan fingerprint density at radius 3 is 2.50 bits per heavy atom. The summed E-state index contributed by atoms with van der Waals surface area (Å²) in [5.74, 6) is 1.78. The zero-order chi connectivity index (χ0) is 13.0. The lowest BCUT2D eigenvalue weighted by Gasteiger charge is -2.34. The Morgan fingerprint density at radius 2 is 1.89 bits per heavy atom. The maximum absolute atomic E-state index is 5.85. The molecule has 0 bridgehead atoms. The molecule has 2 nitrogen and oxygen atoms in total. The SMILES string of the molecule is CC1CCN([C@@H](C)COc2ccc(Cl)cc2)CC1. The van der Waals surface area contributed by atoms with Crippen molar-refractivity contribution in [1.29, 1.82) is 0 Å². The Bertz CT molecular complexity index is 357. The average molecular weight is 268 g/mol. The molecule has 0 aliphatic carbocycles. The zero-order valence-electron chi connectivity index (χ0n) is 11.2. The largest absolute Gasteiger partial charge is 0.492 e. The van der Waals surface area contributed by atoms with Crippen LogP contribution in [-0.4, -0.2) is 30.6 Å². The van der Waals surface area contributed by atoms with Gasteiger partial charge in [-0.05, 0) is 63.0 Å². The van der Waals surface area contributed by atoms with Crippen molar-refractivity contribution < 1.29 is 4.74 Å². The van der Waals surface area contributed by atoms with E-state index < -0.39 is 0 Å². The summed E-state index contributed by atoms with van der Waals surface area (Å²) in [7, 11) is 0. The summed E-state index contributed by atoms with van der Waals surface area (Å²) in [4.78, 5) is 2.52. The molecule has 0 unspecified atom stereocenters. The van der Waals surface area contributed by atoms with Gasteiger partial charge in [0.25, 0.3) is 0 Å². The van der Waals surface area contributed by atoms with Gasteiger partial charge in [-0.3, -0.25) is 4.90 Å². The van der Waals surface area contributed by atoms with Crippen molar-refractivity contribution in [2.24, 2.45) is 5.92 Å². The van der Waals surface area contributed by atoms with Gasteiger partial charge < -0.3 is 4.74 Å². The third-order valence-electron chi connectivity index (χ3n) is 3.75. The normalized spacial score (nSPS) is 19.7. The number of halogens is 1. The van der Waals surface area contributed by atoms with Crippen molar-refractivity contribution >= 4 is 11.6 Å². The number of hydrogen-bond acceptors (Lipinski definition) is 2. The van der Waals surface area contributed by atoms with Gasteiger partial charge in [-0.1, -0.05) is 18.5 Å². The molecule has 1 aromatic rings. The zero-order valence-corrected chi connectivity index (χ0v) is 12.0. The molecule has 1 saturated heterocycles. The average Bonchev–Trinajstić information content (AvgIpc) is 2.38. The molecule has 0 amide bonds. The topological polar surface area (TPSA) is 12.5 Å². The molecule has 18 heavy (non-hydrogen) atoms. The molecule has 3 heteroatoms. The first-order valence-electron chi connectivity index (χ1n) is 6.77. The van der Waals surface area contributed by atoms with Crippen molar-refractivity contribution in [3.8, 4) is 5.75 Å². The van der Waals surface area contributed by atoms with Crippen molar-refractivity contribution in [2.75, 3.05) is 19.7 Å². The van der Waals surface area contributed by atoms with Gasteiger partial charge in [-0.2, -0.15) is 0 Å². The van der Waals surface area contributed by atoms with E-state index in [-0.39, 0.29) is 0 Å². The molecule has 1 fully saturated rings. The third-order valence-corrected chi connectivity index (χ3v) is 4.00. The van der Waals surface area contributed by atoms with Gasteiger partial charge in [0.1, 0.15) is 12.4 Å². The van der Waals surface area contributed by atoms with E-state index in [1.54, 1.807) is 0 Å². The van der Waals surface area contributed by atoms with Crippen LogP contribution in [0.4, 0.5) is 0 Å². The van der Waals surface area contributed by atoms with Crippen LogP contribution in [0.2, 0.25) is 5.02 Å². The van der Waals surface area contributed by atoms with Crippen molar-refractivity contribution in [2.45, 2.75) is 32.7 Å². The molecule has 0 radical (unpaired) electrons. The van der Waals surface area contributed by atoms with Crippen LogP contribution >= 0.6 is 11.6 Å². The monoisotopic (exact) mass is 267 g/mol. The van der Waals surface area contributed by atoms with Gasteiger partial charge in [0.05, 0.1) is 0 Å². The predicted molar refractivity (Wildman–Crippen MR) is 76.4 cm³/mol. The van der Waals surface area contributed by atoms with Crippen LogP contribution in [0.5, 0.6) is 5.75 Å². The van der Waals surface area contributed by atoms with Gasteiger partial charge >= 0.3 is 0 Å². The lowest BCUT2D eigenvalue weighted by atomic mass is 9.98. The van der Waals surface area contributed by atoms with Gasteiger partial charge in [-0.25, -0.2) is 0 Å². The van der Waals surface area contributed by atoms with E-state index in [0.29, 0.717) is 6.04 Å². The van der Waals surface area contributed by atoms with Crippen LogP contribution in [0.3, 0.4) is 0 Å². The molecular formula is C15H22ClNO. The molecule has 100 valence electrons. The first-order valence-corrected chi connectivity index (χ1v) is 7.15. The lowest BCUT2D eigenvalue weighted by Crippen LogP contribution is -2.42. The molecule has 0 saturated carbocycles. The van der Waals surface area contributed by atoms with Crippen molar-refractivity contribution in [3.63, 3.8) is 0 Å². The Balaban J connectivity index is 1.77. The molecule has 1 atom stereocenters. The fraction of sp³-hybridized carbons (Fsp3) is 0.600. The summed E-state index contributed by atoms with van der Waals surface area (Å²) in [5.41, 5.74) is 0. The van der Waals surface area contributed by atoms with E-state index in [4.69, 9.17) is 16.3 Å². The molecule has 1 aliphatic rings. The summed E-state index contributed by atoms with van der Waals surface area (Å²) >= 11 is 5.85. The summed E-state index contributed by atoms with van der Waals surface area (Å²) in [6, 6.07) is 8.06. The van der Waals surface area contributed by atoms with Gasteiger partial charge in [0, 0.05) is 11.1 Å². The molecule has 0 N–H and O–H groups in total. The second-order valence-electron chi connectivity index (χ2n) is 5.33. The van der Waals surface area contributed by atoms with Crippen LogP contribution in [0.15, 0.2) is 24.3 Å². The summed E-state index contributed by atoms with van der Waals surface area (Å²) in [6.45, 7) is 7.73. The maximum Gasteiger partial charge on any atom is 0.119 e. The highest BCUT2D eigenvalue weighted by Crippen LogP contribution is 2.19. The van der Waals surface area contributed by atoms with E-state index in [1.165, 1.54) is 25.9 Å². The number of nitrogens with zero attached hydrogens (tertiary/aromatic N) is 1. The number of rotatable bonds is 4. The van der Waals surface area contributed by atoms with Crippen molar-refractivity contribution in [1.82, 2.24) is 4.90 Å². The second-order valence-corrected chi connectivity index (χ2v) is 5.77. The number of piperidine rings is 1. The quantitative estimate of drug-likeness (QED) is 0.822. The molecule has 0 aromatic heterocycles. The van der Waals surface area contributed by atoms with Gasteiger partial charge in [-0.15, -0.1) is 0 Å². The number of ether oxygens (including phenoxy) is 1. The third kappa shape index (κ3) is 3.89. The number of likely N-dealkylation sites (tertiary alicyclic amines) is 1. The van der Waals surface area contributed by atoms with Crippen LogP contribution in [-0.2, 0) is 0 Å². The highest BCUT2D eigenvalue weighted by molar-refractivity contribution is 6.30. The standard InChI is InChI=1S/C15H22ClNO/c1-12-7-9-17(10-8-12)13(2)11-18-15-5-3-14(16)4-6-15/h3-6,12-13H,7-11H2,1-2H3/t13-/m0/s1. The minimum Gasteiger partial charge on any atom is -0.492 e. The lowest BCUT2D eigenvalue weighted by molar-refractivity contribution is 0.108. The summed E-state index contributed by atoms with van der Waals surface area (Å²) in [5, 5.41) is 0.750. The highest BCUT2D eigenvalue weighted by Gasteiger charge is 2.20. The molecule has 0 spiro atoms. The maximum atomic E-state index is 5.85. The molecular weight excluding hydrogens is 246 g/mol. The summed E-state index contributed by atoms with van der Waals surface area (Å²) in [6.07, 6.45) is 2.62. The Hall–Kier alpha value is -0.730. The van der Waals surface area contributed by atoms with E-state index >= 15 is 0 Å². The first kappa shape index (κ1) is 13.7. The van der Waals surface area contributed by atoms with Gasteiger partial charge in [0.15, 0.2) is 0 Å². The predicted octanol–water partition coefficient (Wildman–Crippen LogP) is 3.84. The second kappa shape index (κ2) is 6.44. The Morgan fingerprint density at radius 1 is 1.28 bits per heavy atom. The highest BCUT2D eigenvalue weighted by atomic mass is 35.5.